The maximum atomic E-state index is 12.5. The van der Waals surface area contributed by atoms with Crippen LogP contribution in [0.15, 0.2) is 42.0 Å². The molecule has 0 aliphatic rings. The number of hydrogen-bond acceptors (Lipinski definition) is 3. The summed E-state index contributed by atoms with van der Waals surface area (Å²) < 4.78 is 1.29. The van der Waals surface area contributed by atoms with Gasteiger partial charge in [-0.05, 0) is 19.1 Å². The summed E-state index contributed by atoms with van der Waals surface area (Å²) in [6.45, 7) is 5.82. The Morgan fingerprint density at radius 1 is 1.50 bits per heavy atom. The number of hydrogen-bond donors (Lipinski definition) is 2. The highest BCUT2D eigenvalue weighted by atomic mass is 16.2. The molecule has 3 aromatic rings. The molecule has 22 heavy (non-hydrogen) atoms. The van der Waals surface area contributed by atoms with E-state index in [0.29, 0.717) is 17.6 Å². The number of aromatic amines is 1. The minimum Gasteiger partial charge on any atom is -0.351 e. The Labute approximate surface area is 126 Å². The molecule has 0 spiro atoms. The summed E-state index contributed by atoms with van der Waals surface area (Å²) in [6.07, 6.45) is 3.00. The second kappa shape index (κ2) is 5.48. The van der Waals surface area contributed by atoms with E-state index in [2.05, 4.69) is 21.9 Å². The first-order chi connectivity index (χ1) is 10.6. The van der Waals surface area contributed by atoms with Crippen molar-refractivity contribution in [1.82, 2.24) is 19.9 Å². The van der Waals surface area contributed by atoms with E-state index in [1.807, 2.05) is 25.1 Å². The fourth-order valence-electron chi connectivity index (χ4n) is 2.41. The summed E-state index contributed by atoms with van der Waals surface area (Å²) in [5.41, 5.74) is 2.75. The van der Waals surface area contributed by atoms with Crippen molar-refractivity contribution < 1.29 is 4.79 Å². The summed E-state index contributed by atoms with van der Waals surface area (Å²) >= 11 is 0. The predicted molar refractivity (Wildman–Crippen MR) is 85.8 cm³/mol. The van der Waals surface area contributed by atoms with Crippen molar-refractivity contribution >= 4 is 27.8 Å². The number of nitrogens with zero attached hydrogens (tertiary/aromatic N) is 2. The first-order valence-corrected chi connectivity index (χ1v) is 6.95. The molecule has 2 heterocycles. The average molecular weight is 296 g/mol. The van der Waals surface area contributed by atoms with Gasteiger partial charge in [0.05, 0.1) is 6.33 Å². The Bertz CT molecular complexity index is 936. The Hall–Kier alpha value is -2.89. The molecular weight excluding hydrogens is 280 g/mol. The van der Waals surface area contributed by atoms with Crippen molar-refractivity contribution in [3.8, 4) is 0 Å². The van der Waals surface area contributed by atoms with Gasteiger partial charge in [0.2, 0.25) is 5.91 Å². The van der Waals surface area contributed by atoms with Gasteiger partial charge in [-0.25, -0.2) is 4.98 Å². The molecule has 0 aliphatic carbocycles. The third kappa shape index (κ3) is 2.39. The number of aryl methyl sites for hydroxylation is 1. The van der Waals surface area contributed by atoms with E-state index in [1.54, 1.807) is 6.08 Å². The van der Waals surface area contributed by atoms with Gasteiger partial charge >= 0.3 is 0 Å². The van der Waals surface area contributed by atoms with Crippen LogP contribution < -0.4 is 10.9 Å². The maximum absolute atomic E-state index is 12.5. The molecule has 0 fully saturated rings. The zero-order valence-electron chi connectivity index (χ0n) is 12.2. The van der Waals surface area contributed by atoms with Crippen molar-refractivity contribution in [2.75, 3.05) is 6.54 Å². The molecule has 0 aliphatic heterocycles. The largest absolute Gasteiger partial charge is 0.351 e. The number of fused-ring (bicyclic) bond motifs is 3. The quantitative estimate of drug-likeness (QED) is 0.716. The molecule has 112 valence electrons. The summed E-state index contributed by atoms with van der Waals surface area (Å²) in [5, 5.41) is 3.55. The lowest BCUT2D eigenvalue weighted by atomic mass is 10.2. The van der Waals surface area contributed by atoms with Gasteiger partial charge in [-0.3, -0.25) is 14.2 Å². The van der Waals surface area contributed by atoms with E-state index in [1.165, 1.54) is 10.9 Å². The molecule has 0 radical (unpaired) electrons. The van der Waals surface area contributed by atoms with Gasteiger partial charge in [0.25, 0.3) is 5.56 Å². The van der Waals surface area contributed by atoms with Crippen LogP contribution in [0.4, 0.5) is 0 Å². The van der Waals surface area contributed by atoms with Crippen LogP contribution in [0.3, 0.4) is 0 Å². The van der Waals surface area contributed by atoms with Crippen LogP contribution in [0.2, 0.25) is 0 Å². The third-order valence-corrected chi connectivity index (χ3v) is 3.49. The lowest BCUT2D eigenvalue weighted by molar-refractivity contribution is -0.121. The number of carbonyl (C=O) groups excluding carboxylic acids is 1. The van der Waals surface area contributed by atoms with E-state index in [0.717, 1.165) is 16.5 Å². The predicted octanol–water partition coefficient (Wildman–Crippen LogP) is 1.49. The topological polar surface area (TPSA) is 79.8 Å². The van der Waals surface area contributed by atoms with Gasteiger partial charge in [0.15, 0.2) is 0 Å². The van der Waals surface area contributed by atoms with Crippen LogP contribution in [-0.4, -0.2) is 27.0 Å². The van der Waals surface area contributed by atoms with Crippen LogP contribution in [0.1, 0.15) is 5.56 Å². The Morgan fingerprint density at radius 3 is 3.09 bits per heavy atom. The molecule has 0 saturated heterocycles. The SMILES string of the molecule is C=CCNC(=O)Cn1cnc2c([nH]c3ccc(C)cc32)c1=O. The molecular formula is C16H16N4O2. The fourth-order valence-corrected chi connectivity index (χ4v) is 2.41. The summed E-state index contributed by atoms with van der Waals surface area (Å²) in [6, 6.07) is 5.88. The average Bonchev–Trinajstić information content (AvgIpc) is 2.87. The van der Waals surface area contributed by atoms with E-state index in [-0.39, 0.29) is 18.0 Å². The smallest absolute Gasteiger partial charge is 0.278 e. The highest BCUT2D eigenvalue weighted by Crippen LogP contribution is 2.22. The molecule has 0 saturated carbocycles. The number of nitrogens with one attached hydrogen (secondary N) is 2. The van der Waals surface area contributed by atoms with Gasteiger partial charge in [0, 0.05) is 17.4 Å². The molecule has 6 nitrogen and oxygen atoms in total. The second-order valence-electron chi connectivity index (χ2n) is 5.17. The number of carbonyl (C=O) groups is 1. The zero-order chi connectivity index (χ0) is 15.7. The molecule has 0 bridgehead atoms. The van der Waals surface area contributed by atoms with Crippen molar-refractivity contribution in [2.24, 2.45) is 0 Å². The fraction of sp³-hybridized carbons (Fsp3) is 0.188. The molecule has 0 unspecified atom stereocenters. The van der Waals surface area contributed by atoms with E-state index in [9.17, 15) is 9.59 Å². The Morgan fingerprint density at radius 2 is 2.32 bits per heavy atom. The van der Waals surface area contributed by atoms with Gasteiger partial charge in [-0.2, -0.15) is 0 Å². The molecule has 2 aromatic heterocycles. The van der Waals surface area contributed by atoms with Crippen molar-refractivity contribution in [1.29, 1.82) is 0 Å². The van der Waals surface area contributed by atoms with Crippen LogP contribution >= 0.6 is 0 Å². The lowest BCUT2D eigenvalue weighted by Crippen LogP contribution is -2.32. The van der Waals surface area contributed by atoms with E-state index in [4.69, 9.17) is 0 Å². The van der Waals surface area contributed by atoms with Gasteiger partial charge in [0.1, 0.15) is 17.6 Å². The molecule has 1 amide bonds. The van der Waals surface area contributed by atoms with Gasteiger partial charge in [-0.1, -0.05) is 17.7 Å². The number of benzene rings is 1. The third-order valence-electron chi connectivity index (χ3n) is 3.49. The number of rotatable bonds is 4. The first-order valence-electron chi connectivity index (χ1n) is 6.95. The van der Waals surface area contributed by atoms with Gasteiger partial charge in [-0.15, -0.1) is 6.58 Å². The summed E-state index contributed by atoms with van der Waals surface area (Å²) in [5.74, 6) is -0.255. The van der Waals surface area contributed by atoms with Crippen LogP contribution in [0.25, 0.3) is 21.9 Å². The van der Waals surface area contributed by atoms with Crippen LogP contribution in [0, 0.1) is 6.92 Å². The molecule has 6 heteroatoms. The van der Waals surface area contributed by atoms with Gasteiger partial charge < -0.3 is 10.3 Å². The van der Waals surface area contributed by atoms with Crippen molar-refractivity contribution in [3.05, 3.63) is 53.1 Å². The van der Waals surface area contributed by atoms with Crippen LogP contribution in [0.5, 0.6) is 0 Å². The molecule has 0 atom stereocenters. The number of aromatic nitrogens is 3. The molecule has 3 rings (SSSR count). The van der Waals surface area contributed by atoms with E-state index >= 15 is 0 Å². The Kier molecular flexibility index (Phi) is 3.50. The Balaban J connectivity index is 2.06. The second-order valence-corrected chi connectivity index (χ2v) is 5.17. The monoisotopic (exact) mass is 296 g/mol. The zero-order valence-corrected chi connectivity index (χ0v) is 12.2. The number of H-pyrrole nitrogens is 1. The van der Waals surface area contributed by atoms with E-state index < -0.39 is 0 Å². The first kappa shape index (κ1) is 14.1. The highest BCUT2D eigenvalue weighted by Gasteiger charge is 2.12. The molecule has 1 aromatic carbocycles. The van der Waals surface area contributed by atoms with Crippen molar-refractivity contribution in [3.63, 3.8) is 0 Å². The maximum Gasteiger partial charge on any atom is 0.278 e. The minimum absolute atomic E-state index is 0.0655. The normalized spacial score (nSPS) is 11.0. The number of amides is 1. The van der Waals surface area contributed by atoms with Crippen LogP contribution in [-0.2, 0) is 11.3 Å². The molecule has 2 N–H and O–H groups in total. The highest BCUT2D eigenvalue weighted by molar-refractivity contribution is 6.04. The lowest BCUT2D eigenvalue weighted by Gasteiger charge is -2.05. The standard InChI is InChI=1S/C16H16N4O2/c1-3-6-17-13(21)8-20-9-18-14-11-7-10(2)4-5-12(11)19-15(14)16(20)22/h3-5,7,9,19H,1,6,8H2,2H3,(H,17,21). The minimum atomic E-state index is -0.257. The summed E-state index contributed by atoms with van der Waals surface area (Å²) in [4.78, 5) is 31.6. The summed E-state index contributed by atoms with van der Waals surface area (Å²) in [7, 11) is 0. The van der Waals surface area contributed by atoms with Crippen molar-refractivity contribution in [2.45, 2.75) is 13.5 Å².